The number of carbonyl (C=O) groups excluding carboxylic acids is 1. The first-order chi connectivity index (χ1) is 15.1. The lowest BCUT2D eigenvalue weighted by atomic mass is 9.73. The van der Waals surface area contributed by atoms with Gasteiger partial charge in [0, 0.05) is 12.0 Å². The molecule has 1 aromatic carbocycles. The molecule has 0 unspecified atom stereocenters. The molecule has 2 bridgehead atoms. The minimum Gasteiger partial charge on any atom is -0.450 e. The summed E-state index contributed by atoms with van der Waals surface area (Å²) in [7, 11) is 0. The van der Waals surface area contributed by atoms with Crippen molar-refractivity contribution in [3.63, 3.8) is 0 Å². The minimum atomic E-state index is -0.282. The maximum absolute atomic E-state index is 12.1. The number of hydrogen-bond acceptors (Lipinski definition) is 3. The van der Waals surface area contributed by atoms with Crippen molar-refractivity contribution in [3.8, 4) is 0 Å². The largest absolute Gasteiger partial charge is 0.450 e. The Labute approximate surface area is 188 Å². The van der Waals surface area contributed by atoms with E-state index in [2.05, 4.69) is 34.5 Å². The Hall–Kier alpha value is -1.55. The summed E-state index contributed by atoms with van der Waals surface area (Å²) in [6.07, 6.45) is 13.6. The van der Waals surface area contributed by atoms with Gasteiger partial charge in [0.25, 0.3) is 0 Å². The second-order valence-corrected chi connectivity index (χ2v) is 10.9. The van der Waals surface area contributed by atoms with E-state index in [0.717, 1.165) is 24.2 Å². The second-order valence-electron chi connectivity index (χ2n) is 10.9. The first-order valence-electron chi connectivity index (χ1n) is 12.9. The minimum absolute atomic E-state index is 0.0861. The highest BCUT2D eigenvalue weighted by atomic mass is 16.5. The first kappa shape index (κ1) is 21.3. The van der Waals surface area contributed by atoms with Crippen LogP contribution in [0.5, 0.6) is 0 Å². The van der Waals surface area contributed by atoms with E-state index in [1.54, 1.807) is 0 Å². The third kappa shape index (κ3) is 4.51. The number of rotatable bonds is 4. The summed E-state index contributed by atoms with van der Waals surface area (Å²) in [5.41, 5.74) is 3.00. The number of likely N-dealkylation sites (tertiary alicyclic amines) is 1. The Kier molecular flexibility index (Phi) is 6.28. The third-order valence-corrected chi connectivity index (χ3v) is 8.94. The van der Waals surface area contributed by atoms with Gasteiger partial charge in [-0.1, -0.05) is 49.9 Å². The maximum Gasteiger partial charge on any atom is 0.407 e. The van der Waals surface area contributed by atoms with Crippen molar-refractivity contribution in [3.05, 3.63) is 35.4 Å². The molecule has 1 saturated heterocycles. The molecule has 1 aliphatic heterocycles. The van der Waals surface area contributed by atoms with Crippen LogP contribution in [0.3, 0.4) is 0 Å². The van der Waals surface area contributed by atoms with Crippen molar-refractivity contribution in [2.45, 2.75) is 82.6 Å². The van der Waals surface area contributed by atoms with Crippen LogP contribution in [-0.4, -0.2) is 37.2 Å². The number of fused-ring (bicyclic) bond motifs is 4. The summed E-state index contributed by atoms with van der Waals surface area (Å²) < 4.78 is 5.18. The van der Waals surface area contributed by atoms with Crippen LogP contribution in [0.4, 0.5) is 4.79 Å². The number of amides is 1. The fourth-order valence-corrected chi connectivity index (χ4v) is 7.45. The molecule has 1 aromatic rings. The van der Waals surface area contributed by atoms with E-state index in [9.17, 15) is 4.79 Å². The van der Waals surface area contributed by atoms with Crippen molar-refractivity contribution in [1.29, 1.82) is 0 Å². The van der Waals surface area contributed by atoms with Gasteiger partial charge in [-0.3, -0.25) is 0 Å². The number of piperidine rings is 1. The molecule has 5 rings (SSSR count). The predicted octanol–water partition coefficient (Wildman–Crippen LogP) is 5.82. The van der Waals surface area contributed by atoms with Gasteiger partial charge in [-0.25, -0.2) is 4.79 Å². The fraction of sp³-hybridized carbons (Fsp3) is 0.741. The van der Waals surface area contributed by atoms with Crippen molar-refractivity contribution in [1.82, 2.24) is 10.2 Å². The van der Waals surface area contributed by atoms with Gasteiger partial charge in [-0.15, -0.1) is 0 Å². The van der Waals surface area contributed by atoms with Crippen LogP contribution < -0.4 is 5.32 Å². The number of alkyl carbamates (subject to hydrolysis) is 1. The molecular weight excluding hydrogens is 384 g/mol. The second kappa shape index (κ2) is 9.13. The number of nitrogens with one attached hydrogen (secondary N) is 1. The zero-order chi connectivity index (χ0) is 21.3. The zero-order valence-electron chi connectivity index (χ0n) is 19.3. The summed E-state index contributed by atoms with van der Waals surface area (Å²) >= 11 is 0. The number of benzene rings is 1. The molecule has 0 radical (unpaired) electrons. The van der Waals surface area contributed by atoms with E-state index in [1.807, 2.05) is 6.92 Å². The molecular formula is C27H40N2O2. The van der Waals surface area contributed by atoms with Gasteiger partial charge in [0.05, 0.1) is 12.6 Å². The molecule has 1 amide bonds. The molecule has 1 N–H and O–H groups in total. The average Bonchev–Trinajstić information content (AvgIpc) is 2.99. The Morgan fingerprint density at radius 2 is 1.90 bits per heavy atom. The number of ether oxygens (including phenoxy) is 1. The van der Waals surface area contributed by atoms with E-state index >= 15 is 0 Å². The van der Waals surface area contributed by atoms with Gasteiger partial charge >= 0.3 is 6.09 Å². The van der Waals surface area contributed by atoms with E-state index in [0.29, 0.717) is 6.61 Å². The molecule has 170 valence electrons. The van der Waals surface area contributed by atoms with Crippen molar-refractivity contribution >= 4 is 6.09 Å². The summed E-state index contributed by atoms with van der Waals surface area (Å²) in [5, 5.41) is 3.14. The molecule has 4 nitrogen and oxygen atoms in total. The van der Waals surface area contributed by atoms with Gasteiger partial charge in [-0.2, -0.15) is 0 Å². The van der Waals surface area contributed by atoms with E-state index in [1.165, 1.54) is 88.5 Å². The van der Waals surface area contributed by atoms with Gasteiger partial charge in [0.1, 0.15) is 0 Å². The molecule has 1 heterocycles. The van der Waals surface area contributed by atoms with Crippen LogP contribution in [0.25, 0.3) is 0 Å². The Morgan fingerprint density at radius 1 is 1.10 bits per heavy atom. The normalized spacial score (nSPS) is 32.3. The fourth-order valence-electron chi connectivity index (χ4n) is 7.45. The maximum atomic E-state index is 12.1. The zero-order valence-corrected chi connectivity index (χ0v) is 19.3. The summed E-state index contributed by atoms with van der Waals surface area (Å²) in [4.78, 5) is 14.9. The van der Waals surface area contributed by atoms with Crippen molar-refractivity contribution in [2.75, 3.05) is 26.2 Å². The summed E-state index contributed by atoms with van der Waals surface area (Å²) in [6.45, 7) is 5.99. The molecule has 2 saturated carbocycles. The standard InChI is InChI=1S/C27H40N2O2/c1-2-31-26(30)28-25-18-27(24-9-4-3-8-23(24)25)12-14-29(15-13-27)19-22-11-10-20-6-5-7-21(16-20)17-22/h3-4,8-9,20-22,25H,2,5-7,10-19H2,1H3,(H,28,30)/t20-,21+,22+,25-/m1/s1. The Bertz CT molecular complexity index is 770. The predicted molar refractivity (Wildman–Crippen MR) is 124 cm³/mol. The Morgan fingerprint density at radius 3 is 2.74 bits per heavy atom. The number of nitrogens with zero attached hydrogens (tertiary/aromatic N) is 1. The monoisotopic (exact) mass is 424 g/mol. The molecule has 4 atom stereocenters. The molecule has 31 heavy (non-hydrogen) atoms. The highest BCUT2D eigenvalue weighted by Gasteiger charge is 2.46. The van der Waals surface area contributed by atoms with Crippen LogP contribution in [0, 0.1) is 17.8 Å². The van der Waals surface area contributed by atoms with E-state index in [-0.39, 0.29) is 17.6 Å². The average molecular weight is 425 g/mol. The summed E-state index contributed by atoms with van der Waals surface area (Å²) in [6, 6.07) is 8.88. The third-order valence-electron chi connectivity index (χ3n) is 8.94. The van der Waals surface area contributed by atoms with Crippen LogP contribution >= 0.6 is 0 Å². The van der Waals surface area contributed by atoms with Gasteiger partial charge < -0.3 is 15.0 Å². The SMILES string of the molecule is CCOC(=O)N[C@@H]1CC2(CCN(C[C@H]3CC[C@H]4CCC[C@@H](C4)C3)CC2)c2ccccc21. The number of carbonyl (C=O) groups is 1. The molecule has 4 aliphatic rings. The van der Waals surface area contributed by atoms with E-state index in [4.69, 9.17) is 4.74 Å². The van der Waals surface area contributed by atoms with Gasteiger partial charge in [0.2, 0.25) is 0 Å². The lowest BCUT2D eigenvalue weighted by molar-refractivity contribution is 0.122. The van der Waals surface area contributed by atoms with Gasteiger partial charge in [0.15, 0.2) is 0 Å². The molecule has 0 aromatic heterocycles. The lowest BCUT2D eigenvalue weighted by Crippen LogP contribution is -2.44. The van der Waals surface area contributed by atoms with Crippen molar-refractivity contribution in [2.24, 2.45) is 17.8 Å². The molecule has 3 aliphatic carbocycles. The number of hydrogen-bond donors (Lipinski definition) is 1. The van der Waals surface area contributed by atoms with Crippen LogP contribution in [0.1, 0.15) is 88.3 Å². The Balaban J connectivity index is 1.21. The van der Waals surface area contributed by atoms with Crippen molar-refractivity contribution < 1.29 is 9.53 Å². The van der Waals surface area contributed by atoms with Gasteiger partial charge in [-0.05, 0) is 87.4 Å². The van der Waals surface area contributed by atoms with Crippen LogP contribution in [-0.2, 0) is 10.2 Å². The van der Waals surface area contributed by atoms with Crippen LogP contribution in [0.2, 0.25) is 0 Å². The quantitative estimate of drug-likeness (QED) is 0.662. The smallest absolute Gasteiger partial charge is 0.407 e. The summed E-state index contributed by atoms with van der Waals surface area (Å²) in [5.74, 6) is 2.96. The first-order valence-corrected chi connectivity index (χ1v) is 12.9. The molecule has 3 fully saturated rings. The topological polar surface area (TPSA) is 41.6 Å². The highest BCUT2D eigenvalue weighted by Crippen LogP contribution is 2.51. The van der Waals surface area contributed by atoms with Crippen LogP contribution in [0.15, 0.2) is 24.3 Å². The molecule has 1 spiro atoms. The molecule has 4 heteroatoms. The van der Waals surface area contributed by atoms with E-state index < -0.39 is 0 Å². The lowest BCUT2D eigenvalue weighted by Gasteiger charge is -2.41. The highest BCUT2D eigenvalue weighted by molar-refractivity contribution is 5.68.